The van der Waals surface area contributed by atoms with Gasteiger partial charge in [0.2, 0.25) is 0 Å². The van der Waals surface area contributed by atoms with E-state index >= 15 is 0 Å². The van der Waals surface area contributed by atoms with Crippen LogP contribution in [0, 0.1) is 5.92 Å². The van der Waals surface area contributed by atoms with Crippen molar-refractivity contribution in [3.63, 3.8) is 0 Å². The van der Waals surface area contributed by atoms with Gasteiger partial charge in [0.05, 0.1) is 19.8 Å². The highest BCUT2D eigenvalue weighted by atomic mass is 16.5. The highest BCUT2D eigenvalue weighted by molar-refractivity contribution is 6.03. The summed E-state index contributed by atoms with van der Waals surface area (Å²) < 4.78 is 10.1. The van der Waals surface area contributed by atoms with E-state index in [0.717, 1.165) is 25.7 Å². The van der Waals surface area contributed by atoms with Crippen molar-refractivity contribution in [2.24, 2.45) is 5.92 Å². The Hall–Kier alpha value is -2.57. The molecule has 26 heavy (non-hydrogen) atoms. The van der Waals surface area contributed by atoms with Crippen LogP contribution in [0.1, 0.15) is 52.8 Å². The topological polar surface area (TPSA) is 93.1 Å². The van der Waals surface area contributed by atoms with Crippen LogP contribution in [0.15, 0.2) is 18.2 Å². The maximum atomic E-state index is 13.3. The maximum absolute atomic E-state index is 13.3. The van der Waals surface area contributed by atoms with Crippen LogP contribution in [0.3, 0.4) is 0 Å². The molecule has 1 amide bonds. The summed E-state index contributed by atoms with van der Waals surface area (Å²) in [7, 11) is 2.63. The molecule has 7 heteroatoms. The minimum absolute atomic E-state index is 0.0798. The normalized spacial score (nSPS) is 24.7. The Kier molecular flexibility index (Phi) is 5.15. The molecule has 1 aromatic carbocycles. The van der Waals surface area contributed by atoms with Crippen LogP contribution in [-0.4, -0.2) is 54.2 Å². The lowest BCUT2D eigenvalue weighted by Gasteiger charge is -2.33. The molecular weight excluding hydrogens is 338 g/mol. The largest absolute Gasteiger partial charge is 0.495 e. The summed E-state index contributed by atoms with van der Waals surface area (Å²) >= 11 is 0. The summed E-state index contributed by atoms with van der Waals surface area (Å²) in [4.78, 5) is 38.5. The minimum atomic E-state index is -0.990. The Morgan fingerprint density at radius 3 is 2.46 bits per heavy atom. The van der Waals surface area contributed by atoms with Gasteiger partial charge in [-0.25, -0.2) is 9.59 Å². The van der Waals surface area contributed by atoms with E-state index in [0.29, 0.717) is 6.42 Å². The number of para-hydroxylation sites is 1. The lowest BCUT2D eigenvalue weighted by molar-refractivity contribution is -0.141. The number of likely N-dealkylation sites (tertiary alicyclic amines) is 1. The summed E-state index contributed by atoms with van der Waals surface area (Å²) in [6.45, 7) is 0. The maximum Gasteiger partial charge on any atom is 0.341 e. The van der Waals surface area contributed by atoms with Crippen LogP contribution in [-0.2, 0) is 9.53 Å². The molecule has 2 fully saturated rings. The van der Waals surface area contributed by atoms with E-state index in [1.807, 2.05) is 0 Å². The van der Waals surface area contributed by atoms with Gasteiger partial charge in [0.1, 0.15) is 17.4 Å². The monoisotopic (exact) mass is 361 g/mol. The first-order chi connectivity index (χ1) is 12.5. The van der Waals surface area contributed by atoms with Gasteiger partial charge in [0, 0.05) is 6.04 Å². The standard InChI is InChI=1S/C19H23NO6/c1-25-16-12(7-5-8-13(16)19(24)26-2)17(21)20-14-9-4-3-6-11(14)10-15(20)18(22)23/h5,7-8,11,14-15H,3-4,6,9-10H2,1-2H3,(H,22,23)/t11-,14-,15-/m0/s1. The quantitative estimate of drug-likeness (QED) is 0.828. The second-order valence-electron chi connectivity index (χ2n) is 6.79. The number of fused-ring (bicyclic) bond motifs is 1. The molecule has 0 radical (unpaired) electrons. The van der Waals surface area contributed by atoms with E-state index in [4.69, 9.17) is 9.47 Å². The number of carbonyl (C=O) groups is 3. The summed E-state index contributed by atoms with van der Waals surface area (Å²) in [5.74, 6) is -1.68. The Morgan fingerprint density at radius 2 is 1.81 bits per heavy atom. The molecule has 1 aliphatic heterocycles. The molecular formula is C19H23NO6. The number of carbonyl (C=O) groups excluding carboxylic acids is 2. The Balaban J connectivity index is 2.02. The number of hydrogen-bond donors (Lipinski definition) is 1. The van der Waals surface area contributed by atoms with Crippen molar-refractivity contribution in [1.82, 2.24) is 4.90 Å². The number of hydrogen-bond acceptors (Lipinski definition) is 5. The molecule has 1 N–H and O–H groups in total. The van der Waals surface area contributed by atoms with Crippen molar-refractivity contribution in [2.45, 2.75) is 44.2 Å². The number of ether oxygens (including phenoxy) is 2. The van der Waals surface area contributed by atoms with Crippen LogP contribution < -0.4 is 4.74 Å². The van der Waals surface area contributed by atoms with Crippen molar-refractivity contribution >= 4 is 17.8 Å². The van der Waals surface area contributed by atoms with Crippen molar-refractivity contribution < 1.29 is 29.0 Å². The Bertz CT molecular complexity index is 731. The van der Waals surface area contributed by atoms with Gasteiger partial charge >= 0.3 is 11.9 Å². The van der Waals surface area contributed by atoms with Crippen LogP contribution in [0.25, 0.3) is 0 Å². The van der Waals surface area contributed by atoms with Gasteiger partial charge in [-0.2, -0.15) is 0 Å². The predicted molar refractivity (Wildman–Crippen MR) is 92.3 cm³/mol. The van der Waals surface area contributed by atoms with Crippen molar-refractivity contribution in [3.05, 3.63) is 29.3 Å². The van der Waals surface area contributed by atoms with Crippen LogP contribution >= 0.6 is 0 Å². The molecule has 2 aliphatic rings. The molecule has 7 nitrogen and oxygen atoms in total. The lowest BCUT2D eigenvalue weighted by atomic mass is 9.84. The van der Waals surface area contributed by atoms with Gasteiger partial charge in [-0.05, 0) is 37.3 Å². The van der Waals surface area contributed by atoms with Gasteiger partial charge in [-0.15, -0.1) is 0 Å². The molecule has 1 aliphatic carbocycles. The fourth-order valence-corrected chi connectivity index (χ4v) is 4.31. The number of carboxylic acids is 1. The van der Waals surface area contributed by atoms with E-state index in [1.54, 1.807) is 12.1 Å². The Labute approximate surface area is 151 Å². The second kappa shape index (κ2) is 7.35. The third-order valence-electron chi connectivity index (χ3n) is 5.46. The first kappa shape index (κ1) is 18.2. The zero-order valence-corrected chi connectivity index (χ0v) is 14.9. The summed E-state index contributed by atoms with van der Waals surface area (Å²) in [5, 5.41) is 9.63. The van der Waals surface area contributed by atoms with Crippen molar-refractivity contribution in [3.8, 4) is 5.75 Å². The highest BCUT2D eigenvalue weighted by Crippen LogP contribution is 2.41. The lowest BCUT2D eigenvalue weighted by Crippen LogP contribution is -2.46. The van der Waals surface area contributed by atoms with Crippen molar-refractivity contribution in [1.29, 1.82) is 0 Å². The predicted octanol–water partition coefficient (Wildman–Crippen LogP) is 2.34. The highest BCUT2D eigenvalue weighted by Gasteiger charge is 2.48. The molecule has 0 bridgehead atoms. The van der Waals surface area contributed by atoms with Gasteiger partial charge < -0.3 is 19.5 Å². The molecule has 1 heterocycles. The summed E-state index contributed by atoms with van der Waals surface area (Å²) in [6.07, 6.45) is 4.27. The second-order valence-corrected chi connectivity index (χ2v) is 6.79. The average molecular weight is 361 g/mol. The van der Waals surface area contributed by atoms with E-state index in [-0.39, 0.29) is 28.8 Å². The number of methoxy groups -OCH3 is 2. The molecule has 3 atom stereocenters. The Morgan fingerprint density at radius 1 is 1.12 bits per heavy atom. The number of nitrogens with zero attached hydrogens (tertiary/aromatic N) is 1. The fraction of sp³-hybridized carbons (Fsp3) is 0.526. The fourth-order valence-electron chi connectivity index (χ4n) is 4.31. The van der Waals surface area contributed by atoms with Gasteiger partial charge in [-0.1, -0.05) is 18.9 Å². The van der Waals surface area contributed by atoms with Gasteiger partial charge in [0.25, 0.3) is 5.91 Å². The van der Waals surface area contributed by atoms with Crippen LogP contribution in [0.5, 0.6) is 5.75 Å². The number of rotatable bonds is 4. The molecule has 3 rings (SSSR count). The summed E-state index contributed by atoms with van der Waals surface area (Å²) in [6, 6.07) is 3.73. The molecule has 1 saturated heterocycles. The molecule has 0 unspecified atom stereocenters. The number of aliphatic carboxylic acids is 1. The van der Waals surface area contributed by atoms with Crippen LogP contribution in [0.2, 0.25) is 0 Å². The molecule has 0 spiro atoms. The zero-order valence-electron chi connectivity index (χ0n) is 14.9. The van der Waals surface area contributed by atoms with Gasteiger partial charge in [0.15, 0.2) is 0 Å². The molecule has 1 aromatic rings. The average Bonchev–Trinajstić information content (AvgIpc) is 3.06. The van der Waals surface area contributed by atoms with Crippen LogP contribution in [0.4, 0.5) is 0 Å². The third-order valence-corrected chi connectivity index (χ3v) is 5.46. The number of esters is 1. The first-order valence-electron chi connectivity index (χ1n) is 8.80. The zero-order chi connectivity index (χ0) is 18.8. The van der Waals surface area contributed by atoms with Crippen molar-refractivity contribution in [2.75, 3.05) is 14.2 Å². The number of amides is 1. The minimum Gasteiger partial charge on any atom is -0.495 e. The van der Waals surface area contributed by atoms with E-state index in [1.165, 1.54) is 25.2 Å². The summed E-state index contributed by atoms with van der Waals surface area (Å²) in [5.41, 5.74) is 0.333. The van der Waals surface area contributed by atoms with E-state index in [2.05, 4.69) is 0 Å². The molecule has 0 aromatic heterocycles. The third kappa shape index (κ3) is 3.02. The van der Waals surface area contributed by atoms with E-state index in [9.17, 15) is 19.5 Å². The number of benzene rings is 1. The molecule has 1 saturated carbocycles. The van der Waals surface area contributed by atoms with Gasteiger partial charge in [-0.3, -0.25) is 4.79 Å². The molecule has 140 valence electrons. The SMILES string of the molecule is COC(=O)c1cccc(C(=O)N2[C@H](C(=O)O)C[C@@H]3CCCC[C@@H]32)c1OC. The first-order valence-corrected chi connectivity index (χ1v) is 8.80. The number of carboxylic acid groups (broad SMARTS) is 1. The smallest absolute Gasteiger partial charge is 0.341 e. The van der Waals surface area contributed by atoms with E-state index < -0.39 is 23.9 Å².